The molecule has 0 amide bonds. The van der Waals surface area contributed by atoms with Gasteiger partial charge in [-0.15, -0.1) is 0 Å². The molecule has 0 unspecified atom stereocenters. The van der Waals surface area contributed by atoms with E-state index in [2.05, 4.69) is 5.32 Å². The molecule has 4 heteroatoms. The molecule has 4 nitrogen and oxygen atoms in total. The van der Waals surface area contributed by atoms with Crippen molar-refractivity contribution < 1.29 is 14.6 Å². The number of aliphatic carboxylic acids is 1. The standard InChI is InChI=1S/C15H23NO3/c1-9-7-12(10(2)11(3)13(9)19-6)16-8-15(4,5)14(17)18/h7,16H,8H2,1-6H3,(H,17,18). The van der Waals surface area contributed by atoms with E-state index < -0.39 is 11.4 Å². The first kappa shape index (κ1) is 15.3. The van der Waals surface area contributed by atoms with Crippen LogP contribution < -0.4 is 10.1 Å². The number of ether oxygens (including phenoxy) is 1. The number of benzene rings is 1. The summed E-state index contributed by atoms with van der Waals surface area (Å²) in [5.41, 5.74) is 3.38. The molecule has 0 aliphatic heterocycles. The summed E-state index contributed by atoms with van der Waals surface area (Å²) in [6, 6.07) is 2.00. The maximum absolute atomic E-state index is 11.1. The third-order valence-corrected chi connectivity index (χ3v) is 3.53. The number of anilines is 1. The van der Waals surface area contributed by atoms with Crippen LogP contribution in [-0.4, -0.2) is 24.7 Å². The van der Waals surface area contributed by atoms with Crippen molar-refractivity contribution in [2.45, 2.75) is 34.6 Å². The summed E-state index contributed by atoms with van der Waals surface area (Å²) in [4.78, 5) is 11.1. The molecule has 2 N–H and O–H groups in total. The lowest BCUT2D eigenvalue weighted by Crippen LogP contribution is -2.32. The van der Waals surface area contributed by atoms with Gasteiger partial charge in [-0.3, -0.25) is 4.79 Å². The highest BCUT2D eigenvalue weighted by Crippen LogP contribution is 2.32. The summed E-state index contributed by atoms with van der Waals surface area (Å²) in [6.07, 6.45) is 0. The fourth-order valence-corrected chi connectivity index (χ4v) is 1.95. The van der Waals surface area contributed by atoms with Gasteiger partial charge in [0, 0.05) is 12.2 Å². The van der Waals surface area contributed by atoms with Gasteiger partial charge in [0.25, 0.3) is 0 Å². The number of hydrogen-bond donors (Lipinski definition) is 2. The fraction of sp³-hybridized carbons (Fsp3) is 0.533. The van der Waals surface area contributed by atoms with Gasteiger partial charge in [-0.1, -0.05) is 0 Å². The van der Waals surface area contributed by atoms with Gasteiger partial charge in [-0.2, -0.15) is 0 Å². The number of carbonyl (C=O) groups is 1. The monoisotopic (exact) mass is 265 g/mol. The van der Waals surface area contributed by atoms with Crippen molar-refractivity contribution in [1.29, 1.82) is 0 Å². The predicted octanol–water partition coefficient (Wildman–Crippen LogP) is 3.14. The van der Waals surface area contributed by atoms with E-state index in [1.807, 2.05) is 26.8 Å². The molecule has 0 heterocycles. The minimum atomic E-state index is -0.806. The van der Waals surface area contributed by atoms with Gasteiger partial charge >= 0.3 is 5.97 Å². The van der Waals surface area contributed by atoms with Gasteiger partial charge in [-0.25, -0.2) is 0 Å². The summed E-state index contributed by atoms with van der Waals surface area (Å²) in [6.45, 7) is 9.80. The van der Waals surface area contributed by atoms with Crippen LogP contribution in [0.5, 0.6) is 5.75 Å². The number of nitrogens with one attached hydrogen (secondary N) is 1. The molecule has 19 heavy (non-hydrogen) atoms. The SMILES string of the molecule is COc1c(C)cc(NCC(C)(C)C(=O)O)c(C)c1C. The van der Waals surface area contributed by atoms with Crippen molar-refractivity contribution in [2.24, 2.45) is 5.41 Å². The van der Waals surface area contributed by atoms with E-state index in [0.717, 1.165) is 28.1 Å². The topological polar surface area (TPSA) is 58.6 Å². The van der Waals surface area contributed by atoms with Crippen LogP contribution in [0.3, 0.4) is 0 Å². The summed E-state index contributed by atoms with van der Waals surface area (Å²) in [5, 5.41) is 12.4. The van der Waals surface area contributed by atoms with Crippen LogP contribution >= 0.6 is 0 Å². The molecule has 0 atom stereocenters. The number of aryl methyl sites for hydroxylation is 1. The minimum Gasteiger partial charge on any atom is -0.496 e. The van der Waals surface area contributed by atoms with Gasteiger partial charge < -0.3 is 15.2 Å². The molecule has 0 aliphatic rings. The molecule has 0 spiro atoms. The minimum absolute atomic E-state index is 0.383. The molecule has 0 radical (unpaired) electrons. The van der Waals surface area contributed by atoms with E-state index in [1.165, 1.54) is 0 Å². The van der Waals surface area contributed by atoms with Crippen LogP contribution in [0, 0.1) is 26.2 Å². The Hall–Kier alpha value is -1.71. The molecule has 1 aromatic carbocycles. The largest absolute Gasteiger partial charge is 0.496 e. The van der Waals surface area contributed by atoms with Crippen LogP contribution in [0.1, 0.15) is 30.5 Å². The second-order valence-electron chi connectivity index (χ2n) is 5.57. The lowest BCUT2D eigenvalue weighted by molar-refractivity contribution is -0.146. The zero-order valence-electron chi connectivity index (χ0n) is 12.5. The summed E-state index contributed by atoms with van der Waals surface area (Å²) >= 11 is 0. The van der Waals surface area contributed by atoms with E-state index in [1.54, 1.807) is 21.0 Å². The number of carboxylic acid groups (broad SMARTS) is 1. The molecule has 0 bridgehead atoms. The van der Waals surface area contributed by atoms with Crippen molar-refractivity contribution >= 4 is 11.7 Å². The molecular weight excluding hydrogens is 242 g/mol. The van der Waals surface area contributed by atoms with E-state index in [0.29, 0.717) is 6.54 Å². The highest BCUT2D eigenvalue weighted by atomic mass is 16.5. The van der Waals surface area contributed by atoms with Crippen molar-refractivity contribution in [3.8, 4) is 5.75 Å². The lowest BCUT2D eigenvalue weighted by Gasteiger charge is -2.23. The molecule has 0 aliphatic carbocycles. The zero-order chi connectivity index (χ0) is 14.8. The van der Waals surface area contributed by atoms with E-state index in [-0.39, 0.29) is 0 Å². The van der Waals surface area contributed by atoms with Crippen molar-refractivity contribution in [2.75, 3.05) is 19.0 Å². The first-order valence-electron chi connectivity index (χ1n) is 6.32. The van der Waals surface area contributed by atoms with Gasteiger partial charge in [0.05, 0.1) is 12.5 Å². The fourth-order valence-electron chi connectivity index (χ4n) is 1.95. The average molecular weight is 265 g/mol. The summed E-state index contributed by atoms with van der Waals surface area (Å²) < 4.78 is 5.37. The number of methoxy groups -OCH3 is 1. The number of hydrogen-bond acceptors (Lipinski definition) is 3. The second kappa shape index (κ2) is 5.51. The van der Waals surface area contributed by atoms with Crippen molar-refractivity contribution in [3.05, 3.63) is 22.8 Å². The molecule has 0 aromatic heterocycles. The number of carboxylic acids is 1. The van der Waals surface area contributed by atoms with Crippen molar-refractivity contribution in [1.82, 2.24) is 0 Å². The van der Waals surface area contributed by atoms with Gasteiger partial charge in [-0.05, 0) is 57.4 Å². The maximum Gasteiger partial charge on any atom is 0.310 e. The van der Waals surface area contributed by atoms with Crippen LogP contribution in [0.4, 0.5) is 5.69 Å². The van der Waals surface area contributed by atoms with Crippen LogP contribution in [0.25, 0.3) is 0 Å². The molecule has 0 fully saturated rings. The molecule has 106 valence electrons. The Labute approximate surface area is 114 Å². The smallest absolute Gasteiger partial charge is 0.310 e. The first-order chi connectivity index (χ1) is 8.70. The van der Waals surface area contributed by atoms with Crippen LogP contribution in [0.15, 0.2) is 6.07 Å². The Kier molecular flexibility index (Phi) is 4.45. The number of rotatable bonds is 5. The Balaban J connectivity index is 3.01. The molecule has 1 rings (SSSR count). The van der Waals surface area contributed by atoms with E-state index in [4.69, 9.17) is 9.84 Å². The third kappa shape index (κ3) is 3.19. The first-order valence-corrected chi connectivity index (χ1v) is 6.32. The Morgan fingerprint density at radius 3 is 2.37 bits per heavy atom. The van der Waals surface area contributed by atoms with E-state index >= 15 is 0 Å². The highest BCUT2D eigenvalue weighted by molar-refractivity contribution is 5.74. The highest BCUT2D eigenvalue weighted by Gasteiger charge is 2.27. The molecule has 1 aromatic rings. The zero-order valence-corrected chi connectivity index (χ0v) is 12.5. The Bertz CT molecular complexity index is 493. The summed E-state index contributed by atoms with van der Waals surface area (Å²) in [5.74, 6) is 0.0835. The normalized spacial score (nSPS) is 11.3. The maximum atomic E-state index is 11.1. The summed E-state index contributed by atoms with van der Waals surface area (Å²) in [7, 11) is 1.66. The van der Waals surface area contributed by atoms with Crippen molar-refractivity contribution in [3.63, 3.8) is 0 Å². The van der Waals surface area contributed by atoms with Gasteiger partial charge in [0.15, 0.2) is 0 Å². The van der Waals surface area contributed by atoms with Crippen LogP contribution in [-0.2, 0) is 4.79 Å². The average Bonchev–Trinajstić information content (AvgIpc) is 2.32. The Morgan fingerprint density at radius 1 is 1.32 bits per heavy atom. The quantitative estimate of drug-likeness (QED) is 0.858. The van der Waals surface area contributed by atoms with Gasteiger partial charge in [0.1, 0.15) is 5.75 Å². The van der Waals surface area contributed by atoms with Gasteiger partial charge in [0.2, 0.25) is 0 Å². The molecular formula is C15H23NO3. The van der Waals surface area contributed by atoms with Crippen LogP contribution in [0.2, 0.25) is 0 Å². The molecule has 0 saturated heterocycles. The second-order valence-corrected chi connectivity index (χ2v) is 5.57. The third-order valence-electron chi connectivity index (χ3n) is 3.53. The molecule has 0 saturated carbocycles. The van der Waals surface area contributed by atoms with E-state index in [9.17, 15) is 4.79 Å². The lowest BCUT2D eigenvalue weighted by atomic mass is 9.93. The predicted molar refractivity (Wildman–Crippen MR) is 77.1 cm³/mol. The Morgan fingerprint density at radius 2 is 1.89 bits per heavy atom.